The van der Waals surface area contributed by atoms with Gasteiger partial charge in [0, 0.05) is 13.5 Å². The van der Waals surface area contributed by atoms with Gasteiger partial charge in [-0.2, -0.15) is 0 Å². The highest BCUT2D eigenvalue weighted by Gasteiger charge is 2.38. The number of rotatable bonds is 11. The van der Waals surface area contributed by atoms with Gasteiger partial charge in [-0.15, -0.1) is 0 Å². The molecule has 1 atom stereocenters. The Bertz CT molecular complexity index is 665. The zero-order chi connectivity index (χ0) is 21.2. The van der Waals surface area contributed by atoms with Gasteiger partial charge in [-0.1, -0.05) is 33.7 Å². The first kappa shape index (κ1) is 24.2. The molecule has 0 heterocycles. The molecular formula is C19H28N2O5S2. The van der Waals surface area contributed by atoms with Crippen LogP contribution in [0.4, 0.5) is 0 Å². The molecule has 9 heteroatoms. The number of esters is 1. The monoisotopic (exact) mass is 428 g/mol. The molecule has 2 amide bonds. The number of phenols is 1. The Labute approximate surface area is 173 Å². The summed E-state index contributed by atoms with van der Waals surface area (Å²) in [4.78, 5) is 35.6. The van der Waals surface area contributed by atoms with E-state index in [-0.39, 0.29) is 29.9 Å². The van der Waals surface area contributed by atoms with Crippen molar-refractivity contribution in [2.24, 2.45) is 0 Å². The fraction of sp³-hybridized carbons (Fsp3) is 0.526. The molecule has 3 N–H and O–H groups in total. The second-order valence-corrected chi connectivity index (χ2v) is 9.55. The summed E-state index contributed by atoms with van der Waals surface area (Å²) in [7, 11) is 2.68. The van der Waals surface area contributed by atoms with Crippen molar-refractivity contribution in [2.75, 3.05) is 18.9 Å². The lowest BCUT2D eigenvalue weighted by Crippen LogP contribution is -2.52. The van der Waals surface area contributed by atoms with Crippen LogP contribution in [0.25, 0.3) is 0 Å². The van der Waals surface area contributed by atoms with Crippen LogP contribution in [0.1, 0.15) is 33.3 Å². The Hall–Kier alpha value is -1.87. The van der Waals surface area contributed by atoms with Crippen LogP contribution >= 0.6 is 21.6 Å². The SMILES string of the molecule is CCOC(=O)C(NC(C)=O)C(C)(C)SSCC(=O)NCCc1ccc(O)cc1. The smallest absolute Gasteiger partial charge is 0.330 e. The van der Waals surface area contributed by atoms with E-state index in [9.17, 15) is 19.5 Å². The maximum absolute atomic E-state index is 12.2. The molecule has 0 bridgehead atoms. The zero-order valence-corrected chi connectivity index (χ0v) is 18.2. The molecule has 0 aliphatic rings. The normalized spacial score (nSPS) is 12.1. The summed E-state index contributed by atoms with van der Waals surface area (Å²) < 4.78 is 4.39. The molecule has 0 saturated carbocycles. The van der Waals surface area contributed by atoms with E-state index in [0.29, 0.717) is 13.0 Å². The third-order valence-corrected chi connectivity index (χ3v) is 6.86. The van der Waals surface area contributed by atoms with Gasteiger partial charge in [0.1, 0.15) is 11.8 Å². The number of hydrogen-bond donors (Lipinski definition) is 3. The minimum absolute atomic E-state index is 0.112. The molecule has 0 radical (unpaired) electrons. The molecule has 0 aliphatic carbocycles. The summed E-state index contributed by atoms with van der Waals surface area (Å²) >= 11 is 0. The number of ether oxygens (including phenoxy) is 1. The lowest BCUT2D eigenvalue weighted by Gasteiger charge is -2.31. The van der Waals surface area contributed by atoms with Crippen LogP contribution in [0.5, 0.6) is 5.75 Å². The third kappa shape index (κ3) is 8.88. The number of amides is 2. The number of phenolic OH excluding ortho intramolecular Hbond substituents is 1. The first-order valence-electron chi connectivity index (χ1n) is 8.94. The molecule has 1 aromatic carbocycles. The van der Waals surface area contributed by atoms with Gasteiger partial charge in [0.25, 0.3) is 0 Å². The number of carbonyl (C=O) groups is 3. The van der Waals surface area contributed by atoms with Crippen molar-refractivity contribution in [3.05, 3.63) is 29.8 Å². The van der Waals surface area contributed by atoms with Crippen LogP contribution in [0.2, 0.25) is 0 Å². The van der Waals surface area contributed by atoms with E-state index in [4.69, 9.17) is 4.74 Å². The van der Waals surface area contributed by atoms with Crippen LogP contribution in [0, 0.1) is 0 Å². The minimum atomic E-state index is -0.806. The predicted molar refractivity (Wildman–Crippen MR) is 113 cm³/mol. The van der Waals surface area contributed by atoms with Crippen molar-refractivity contribution in [1.29, 1.82) is 0 Å². The van der Waals surface area contributed by atoms with Crippen molar-refractivity contribution in [1.82, 2.24) is 10.6 Å². The summed E-state index contributed by atoms with van der Waals surface area (Å²) in [5.41, 5.74) is 1.02. The lowest BCUT2D eigenvalue weighted by molar-refractivity contribution is -0.148. The van der Waals surface area contributed by atoms with Crippen LogP contribution in [0.3, 0.4) is 0 Å². The van der Waals surface area contributed by atoms with Gasteiger partial charge in [0.15, 0.2) is 0 Å². The highest BCUT2D eigenvalue weighted by molar-refractivity contribution is 8.77. The van der Waals surface area contributed by atoms with E-state index in [2.05, 4.69) is 10.6 Å². The third-order valence-electron chi connectivity index (χ3n) is 3.70. The second kappa shape index (κ2) is 11.9. The minimum Gasteiger partial charge on any atom is -0.508 e. The van der Waals surface area contributed by atoms with Crippen molar-refractivity contribution in [3.8, 4) is 5.75 Å². The Morgan fingerprint density at radius 2 is 1.86 bits per heavy atom. The van der Waals surface area contributed by atoms with Crippen molar-refractivity contribution < 1.29 is 24.2 Å². The molecule has 1 aromatic rings. The van der Waals surface area contributed by atoms with Gasteiger partial charge < -0.3 is 20.5 Å². The van der Waals surface area contributed by atoms with Crippen LogP contribution < -0.4 is 10.6 Å². The number of aromatic hydroxyl groups is 1. The van der Waals surface area contributed by atoms with Crippen molar-refractivity contribution in [3.63, 3.8) is 0 Å². The molecule has 28 heavy (non-hydrogen) atoms. The second-order valence-electron chi connectivity index (χ2n) is 6.60. The lowest BCUT2D eigenvalue weighted by atomic mass is 10.0. The molecule has 7 nitrogen and oxygen atoms in total. The Balaban J connectivity index is 2.43. The van der Waals surface area contributed by atoms with Gasteiger partial charge in [-0.05, 0) is 44.9 Å². The van der Waals surface area contributed by atoms with E-state index in [0.717, 1.165) is 5.56 Å². The highest BCUT2D eigenvalue weighted by Crippen LogP contribution is 2.38. The molecular weight excluding hydrogens is 400 g/mol. The standard InChI is InChI=1S/C19H28N2O5S2/c1-5-26-18(25)17(21-13(2)22)19(3,4)28-27-12-16(24)20-11-10-14-6-8-15(23)9-7-14/h6-9,17,23H,5,10-12H2,1-4H3,(H,20,24)(H,21,22). The average molecular weight is 429 g/mol. The number of nitrogens with one attached hydrogen (secondary N) is 2. The summed E-state index contributed by atoms with van der Waals surface area (Å²) in [6, 6.07) is 6.04. The number of carbonyl (C=O) groups excluding carboxylic acids is 3. The van der Waals surface area contributed by atoms with Crippen LogP contribution in [0.15, 0.2) is 24.3 Å². The molecule has 0 saturated heterocycles. The van der Waals surface area contributed by atoms with Gasteiger partial charge in [-0.25, -0.2) is 4.79 Å². The molecule has 0 aromatic heterocycles. The fourth-order valence-corrected chi connectivity index (χ4v) is 4.81. The topological polar surface area (TPSA) is 105 Å². The molecule has 0 fully saturated rings. The van der Waals surface area contributed by atoms with E-state index in [1.165, 1.54) is 28.5 Å². The largest absolute Gasteiger partial charge is 0.508 e. The van der Waals surface area contributed by atoms with Gasteiger partial charge in [-0.3, -0.25) is 9.59 Å². The molecule has 156 valence electrons. The molecule has 0 aliphatic heterocycles. The Morgan fingerprint density at radius 3 is 2.43 bits per heavy atom. The van der Waals surface area contributed by atoms with E-state index < -0.39 is 16.8 Å². The summed E-state index contributed by atoms with van der Waals surface area (Å²) in [6.07, 6.45) is 0.669. The van der Waals surface area contributed by atoms with Crippen LogP contribution in [-0.2, 0) is 25.5 Å². The zero-order valence-electron chi connectivity index (χ0n) is 16.6. The molecule has 0 spiro atoms. The number of benzene rings is 1. The first-order chi connectivity index (χ1) is 13.2. The van der Waals surface area contributed by atoms with Gasteiger partial charge in [0.2, 0.25) is 11.8 Å². The van der Waals surface area contributed by atoms with Crippen molar-refractivity contribution in [2.45, 2.75) is 44.9 Å². The van der Waals surface area contributed by atoms with Gasteiger partial charge >= 0.3 is 5.97 Å². The molecule has 1 unspecified atom stereocenters. The highest BCUT2D eigenvalue weighted by atomic mass is 33.1. The molecule has 1 rings (SSSR count). The van der Waals surface area contributed by atoms with Crippen molar-refractivity contribution >= 4 is 39.4 Å². The van der Waals surface area contributed by atoms with Gasteiger partial charge in [0.05, 0.1) is 17.1 Å². The Kier molecular flexibility index (Phi) is 10.2. The van der Waals surface area contributed by atoms with E-state index >= 15 is 0 Å². The summed E-state index contributed by atoms with van der Waals surface area (Å²) in [6.45, 7) is 7.43. The fourth-order valence-electron chi connectivity index (χ4n) is 2.29. The average Bonchev–Trinajstić information content (AvgIpc) is 2.61. The quantitative estimate of drug-likeness (QED) is 0.367. The van der Waals surface area contributed by atoms with E-state index in [1.807, 2.05) is 26.0 Å². The maximum Gasteiger partial charge on any atom is 0.330 e. The Morgan fingerprint density at radius 1 is 1.21 bits per heavy atom. The first-order valence-corrected chi connectivity index (χ1v) is 11.3. The maximum atomic E-state index is 12.2. The van der Waals surface area contributed by atoms with E-state index in [1.54, 1.807) is 19.1 Å². The predicted octanol–water partition coefficient (Wildman–Crippen LogP) is 2.28. The summed E-state index contributed by atoms with van der Waals surface area (Å²) in [5.74, 6) is -0.486. The number of hydrogen-bond acceptors (Lipinski definition) is 7. The van der Waals surface area contributed by atoms with Crippen LogP contribution in [-0.4, -0.2) is 52.6 Å². The summed E-state index contributed by atoms with van der Waals surface area (Å²) in [5, 5.41) is 14.7.